The lowest BCUT2D eigenvalue weighted by atomic mass is 10.0. The molecule has 1 unspecified atom stereocenters. The van der Waals surface area contributed by atoms with Gasteiger partial charge in [0.05, 0.1) is 27.5 Å². The molecule has 0 amide bonds. The summed E-state index contributed by atoms with van der Waals surface area (Å²) in [5, 5.41) is 10.4. The molecular formula is C25H18ClF4N4O5S2-. The molecule has 2 N–H and O–H groups in total. The molecule has 5 rings (SSSR count). The van der Waals surface area contributed by atoms with Gasteiger partial charge in [-0.05, 0) is 66.8 Å². The molecular weight excluding hydrogens is 612 g/mol. The van der Waals surface area contributed by atoms with Crippen LogP contribution in [-0.2, 0) is 32.6 Å². The number of benzene rings is 3. The third kappa shape index (κ3) is 6.07. The minimum absolute atomic E-state index is 0.0602. The van der Waals surface area contributed by atoms with Gasteiger partial charge in [-0.2, -0.15) is 17.6 Å². The molecule has 0 saturated carbocycles. The van der Waals surface area contributed by atoms with Gasteiger partial charge in [-0.1, -0.05) is 29.8 Å². The van der Waals surface area contributed by atoms with E-state index in [2.05, 4.69) is 19.1 Å². The average molecular weight is 630 g/mol. The third-order valence-corrected chi connectivity index (χ3v) is 9.66. The Balaban J connectivity index is 1.51. The van der Waals surface area contributed by atoms with Gasteiger partial charge < -0.3 is 10.1 Å². The number of rotatable bonds is 7. The summed E-state index contributed by atoms with van der Waals surface area (Å²) in [6.45, 7) is 0. The number of fused-ring (bicyclic) bond motifs is 1. The molecule has 2 atom stereocenters. The molecule has 216 valence electrons. The van der Waals surface area contributed by atoms with Crippen molar-refractivity contribution in [2.45, 2.75) is 35.2 Å². The number of H-pyrrole nitrogens is 1. The van der Waals surface area contributed by atoms with Gasteiger partial charge in [-0.3, -0.25) is 0 Å². The summed E-state index contributed by atoms with van der Waals surface area (Å²) in [4.78, 5) is 6.64. The quantitative estimate of drug-likeness (QED) is 0.294. The van der Waals surface area contributed by atoms with Gasteiger partial charge in [-0.15, -0.1) is 0 Å². The summed E-state index contributed by atoms with van der Waals surface area (Å²) in [5.41, 5.74) is -0.394. The molecule has 0 bridgehead atoms. The zero-order valence-corrected chi connectivity index (χ0v) is 22.9. The molecule has 0 spiro atoms. The maximum atomic E-state index is 15.1. The molecule has 16 heteroatoms. The molecule has 0 radical (unpaired) electrons. The fourth-order valence-corrected chi connectivity index (χ4v) is 7.20. The summed E-state index contributed by atoms with van der Waals surface area (Å²) in [5.74, 6) is -1.80. The van der Waals surface area contributed by atoms with Crippen LogP contribution >= 0.6 is 11.6 Å². The van der Waals surface area contributed by atoms with Crippen molar-refractivity contribution >= 4 is 48.6 Å². The third-order valence-electron chi connectivity index (χ3n) is 6.36. The Morgan fingerprint density at radius 3 is 2.54 bits per heavy atom. The fraction of sp³-hybridized carbons (Fsp3) is 0.200. The number of aromatic amines is 1. The van der Waals surface area contributed by atoms with Crippen LogP contribution in [0.2, 0.25) is 5.02 Å². The molecule has 0 fully saturated rings. The van der Waals surface area contributed by atoms with Crippen LogP contribution in [0, 0.1) is 5.82 Å². The molecule has 1 aliphatic rings. The average Bonchev–Trinajstić information content (AvgIpc) is 3.41. The van der Waals surface area contributed by atoms with Crippen LogP contribution in [0.3, 0.4) is 0 Å². The van der Waals surface area contributed by atoms with Crippen molar-refractivity contribution in [3.05, 3.63) is 94.0 Å². The van der Waals surface area contributed by atoms with Crippen molar-refractivity contribution in [2.75, 3.05) is 0 Å². The number of hydrogen-bond donors (Lipinski definition) is 2. The van der Waals surface area contributed by atoms with Crippen LogP contribution in [0.15, 0.2) is 70.0 Å². The first kappa shape index (κ1) is 29.0. The van der Waals surface area contributed by atoms with Crippen molar-refractivity contribution < 1.29 is 39.5 Å². The second-order valence-corrected chi connectivity index (χ2v) is 13.2. The van der Waals surface area contributed by atoms with Crippen molar-refractivity contribution in [3.8, 4) is 0 Å². The Bertz CT molecular complexity index is 1910. The lowest BCUT2D eigenvalue weighted by Crippen LogP contribution is -2.31. The number of nitrogens with one attached hydrogen (secondary N) is 2. The maximum Gasteiger partial charge on any atom is 0.416 e. The number of nitrogens with zero attached hydrogens (tertiary/aromatic N) is 2. The Morgan fingerprint density at radius 2 is 1.88 bits per heavy atom. The van der Waals surface area contributed by atoms with E-state index in [-0.39, 0.29) is 23.4 Å². The molecule has 1 aromatic heterocycles. The van der Waals surface area contributed by atoms with Crippen LogP contribution in [0.25, 0.3) is 11.0 Å². The summed E-state index contributed by atoms with van der Waals surface area (Å²) in [6, 6.07) is 10.1. The molecule has 3 aromatic carbocycles. The lowest BCUT2D eigenvalue weighted by molar-refractivity contribution is -0.217. The van der Waals surface area contributed by atoms with Gasteiger partial charge in [-0.25, -0.2) is 30.9 Å². The molecule has 4 aromatic rings. The zero-order valence-electron chi connectivity index (χ0n) is 20.5. The predicted molar refractivity (Wildman–Crippen MR) is 139 cm³/mol. The van der Waals surface area contributed by atoms with Gasteiger partial charge in [0.1, 0.15) is 16.9 Å². The van der Waals surface area contributed by atoms with Crippen LogP contribution < -0.4 is 9.83 Å². The Labute approximate surface area is 236 Å². The van der Waals surface area contributed by atoms with E-state index >= 15 is 4.39 Å². The number of imidazole rings is 1. The van der Waals surface area contributed by atoms with Crippen LogP contribution in [0.5, 0.6) is 0 Å². The van der Waals surface area contributed by atoms with Gasteiger partial charge in [0.15, 0.2) is 0 Å². The van der Waals surface area contributed by atoms with E-state index in [9.17, 15) is 35.1 Å². The van der Waals surface area contributed by atoms with E-state index in [1.165, 1.54) is 12.1 Å². The number of aromatic nitrogens is 2. The molecule has 0 saturated heterocycles. The van der Waals surface area contributed by atoms with Crippen LogP contribution in [0.4, 0.5) is 17.6 Å². The highest BCUT2D eigenvalue weighted by Crippen LogP contribution is 2.35. The first-order valence-electron chi connectivity index (χ1n) is 11.8. The molecule has 2 heterocycles. The first-order chi connectivity index (χ1) is 19.1. The Morgan fingerprint density at radius 1 is 1.12 bits per heavy atom. The van der Waals surface area contributed by atoms with Crippen molar-refractivity contribution in [2.24, 2.45) is 4.40 Å². The van der Waals surface area contributed by atoms with Gasteiger partial charge in [0.25, 0.3) is 10.0 Å². The first-order valence-corrected chi connectivity index (χ1v) is 15.1. The van der Waals surface area contributed by atoms with Crippen molar-refractivity contribution in [1.82, 2.24) is 14.7 Å². The lowest BCUT2D eigenvalue weighted by Gasteiger charge is -2.19. The Hall–Kier alpha value is -3.53. The second-order valence-electron chi connectivity index (χ2n) is 9.24. The normalized spacial score (nSPS) is 18.0. The minimum atomic E-state index is -4.78. The molecule has 9 nitrogen and oxygen atoms in total. The van der Waals surface area contributed by atoms with E-state index in [4.69, 9.17) is 11.6 Å². The number of alkyl halides is 3. The topological polar surface area (TPSA) is 144 Å². The van der Waals surface area contributed by atoms with E-state index in [0.717, 1.165) is 30.3 Å². The predicted octanol–water partition coefficient (Wildman–Crippen LogP) is 4.17. The second kappa shape index (κ2) is 10.4. The van der Waals surface area contributed by atoms with Crippen LogP contribution in [0.1, 0.15) is 40.2 Å². The fourth-order valence-electron chi connectivity index (χ4n) is 4.43. The summed E-state index contributed by atoms with van der Waals surface area (Å²) >= 11 is 6.03. The summed E-state index contributed by atoms with van der Waals surface area (Å²) in [6.07, 6.45) is -5.55. The minimum Gasteiger partial charge on any atom is -0.861 e. The zero-order chi connectivity index (χ0) is 29.7. The molecule has 1 aliphatic heterocycles. The number of sulfonamides is 2. The van der Waals surface area contributed by atoms with Crippen LogP contribution in [-0.4, -0.2) is 32.7 Å². The SMILES string of the molecule is O=S(=O)(N[C@@H](Cc1ccc(C2CC([O-])=NS2(=O)=O)c(F)c1)c1nc2ccc(Cl)cc2[nH]1)c1cccc(C(F)(F)F)c1. The smallest absolute Gasteiger partial charge is 0.416 e. The van der Waals surface area contributed by atoms with Gasteiger partial charge in [0.2, 0.25) is 10.0 Å². The molecule has 41 heavy (non-hydrogen) atoms. The standard InChI is InChI=1S/C25H19ClF4N4O5S2/c26-15-5-7-19-20(11-15)32-24(31-19)21(33-40(36,37)16-3-1-2-14(10-16)25(28,29)30)9-13-4-6-17(18(27)8-13)22-12-23(35)34-41(22,38)39/h1-8,10-11,21-22,33H,9,12H2,(H,31,32)(H,34,35)/p-1/t21-,22?/m0/s1. The summed E-state index contributed by atoms with van der Waals surface area (Å²) < 4.78 is 111. The van der Waals surface area contributed by atoms with Crippen molar-refractivity contribution in [3.63, 3.8) is 0 Å². The highest BCUT2D eigenvalue weighted by Gasteiger charge is 2.35. The van der Waals surface area contributed by atoms with E-state index in [1.807, 2.05) is 0 Å². The van der Waals surface area contributed by atoms with Crippen molar-refractivity contribution in [1.29, 1.82) is 0 Å². The molecule has 0 aliphatic carbocycles. The largest absolute Gasteiger partial charge is 0.861 e. The number of halogens is 5. The number of hydrogen-bond acceptors (Lipinski definition) is 6. The highest BCUT2D eigenvalue weighted by molar-refractivity contribution is 7.90. The summed E-state index contributed by atoms with van der Waals surface area (Å²) in [7, 11) is -8.81. The van der Waals surface area contributed by atoms with E-state index < -0.39 is 66.1 Å². The van der Waals surface area contributed by atoms with Gasteiger partial charge >= 0.3 is 6.18 Å². The Kier molecular flexibility index (Phi) is 7.34. The van der Waals surface area contributed by atoms with Gasteiger partial charge in [0, 0.05) is 10.6 Å². The van der Waals surface area contributed by atoms with E-state index in [0.29, 0.717) is 22.1 Å². The van der Waals surface area contributed by atoms with E-state index in [1.54, 1.807) is 12.1 Å². The highest BCUT2D eigenvalue weighted by atomic mass is 35.5. The monoisotopic (exact) mass is 629 g/mol. The maximum absolute atomic E-state index is 15.1.